The number of anilines is 3. The Balaban J connectivity index is 1.11. The van der Waals surface area contributed by atoms with Crippen molar-refractivity contribution in [2.24, 2.45) is 0 Å². The fourth-order valence-corrected chi connectivity index (χ4v) is 7.87. The summed E-state index contributed by atoms with van der Waals surface area (Å²) in [7, 11) is 0. The van der Waals surface area contributed by atoms with Gasteiger partial charge >= 0.3 is 0 Å². The van der Waals surface area contributed by atoms with Gasteiger partial charge < -0.3 is 9.47 Å². The third-order valence-electron chi connectivity index (χ3n) is 10.1. The zero-order valence-electron chi connectivity index (χ0n) is 27.4. The molecule has 0 spiro atoms. The second-order valence-electron chi connectivity index (χ2n) is 13.0. The van der Waals surface area contributed by atoms with Crippen LogP contribution in [0.1, 0.15) is 0 Å². The third kappa shape index (κ3) is 4.50. The van der Waals surface area contributed by atoms with Crippen molar-refractivity contribution in [3.63, 3.8) is 0 Å². The Morgan fingerprint density at radius 2 is 0.740 bits per heavy atom. The van der Waals surface area contributed by atoms with E-state index in [0.717, 1.165) is 17.1 Å². The van der Waals surface area contributed by atoms with Crippen molar-refractivity contribution >= 4 is 71.2 Å². The lowest BCUT2D eigenvalue weighted by Gasteiger charge is -2.25. The summed E-state index contributed by atoms with van der Waals surface area (Å²) in [6, 6.07) is 70.3. The normalized spacial score (nSPS) is 11.6. The summed E-state index contributed by atoms with van der Waals surface area (Å²) >= 11 is 0. The molecule has 0 aliphatic carbocycles. The number of hydrogen-bond donors (Lipinski definition) is 0. The zero-order valence-corrected chi connectivity index (χ0v) is 27.4. The predicted molar refractivity (Wildman–Crippen MR) is 213 cm³/mol. The van der Waals surface area contributed by atoms with E-state index in [1.54, 1.807) is 0 Å². The molecule has 0 aliphatic heterocycles. The van der Waals surface area contributed by atoms with Crippen molar-refractivity contribution < 1.29 is 0 Å². The minimum Gasteiger partial charge on any atom is -0.311 e. The second kappa shape index (κ2) is 11.5. The Kier molecular flexibility index (Phi) is 6.53. The first-order valence-corrected chi connectivity index (χ1v) is 17.2. The number of aromatic nitrogens is 1. The summed E-state index contributed by atoms with van der Waals surface area (Å²) in [5, 5.41) is 10.2. The minimum absolute atomic E-state index is 1.13. The van der Waals surface area contributed by atoms with Crippen LogP contribution in [0.25, 0.3) is 70.9 Å². The highest BCUT2D eigenvalue weighted by molar-refractivity contribution is 6.25. The number of hydrogen-bond acceptors (Lipinski definition) is 1. The van der Waals surface area contributed by atoms with Crippen molar-refractivity contribution in [1.29, 1.82) is 0 Å². The first kappa shape index (κ1) is 28.4. The van der Waals surface area contributed by atoms with Gasteiger partial charge in [-0.2, -0.15) is 0 Å². The van der Waals surface area contributed by atoms with Crippen molar-refractivity contribution in [3.05, 3.63) is 194 Å². The third-order valence-corrected chi connectivity index (χ3v) is 10.1. The first-order chi connectivity index (χ1) is 24.8. The maximum absolute atomic E-state index is 2.43. The van der Waals surface area contributed by atoms with E-state index in [2.05, 4.69) is 204 Å². The van der Waals surface area contributed by atoms with Crippen LogP contribution in [0.5, 0.6) is 0 Å². The van der Waals surface area contributed by atoms with Crippen molar-refractivity contribution in [2.75, 3.05) is 4.90 Å². The average molecular weight is 637 g/mol. The van der Waals surface area contributed by atoms with Crippen LogP contribution in [0.2, 0.25) is 0 Å². The Labute approximate surface area is 290 Å². The van der Waals surface area contributed by atoms with Gasteiger partial charge in [-0.25, -0.2) is 0 Å². The molecule has 9 aromatic carbocycles. The predicted octanol–water partition coefficient (Wildman–Crippen LogP) is 13.4. The monoisotopic (exact) mass is 636 g/mol. The number of para-hydroxylation sites is 3. The molecule has 0 bridgehead atoms. The van der Waals surface area contributed by atoms with E-state index in [0.29, 0.717) is 0 Å². The Morgan fingerprint density at radius 1 is 0.280 bits per heavy atom. The van der Waals surface area contributed by atoms with Crippen LogP contribution in [-0.2, 0) is 0 Å². The molecule has 0 atom stereocenters. The number of rotatable bonds is 5. The van der Waals surface area contributed by atoms with E-state index < -0.39 is 0 Å². The molecule has 1 aromatic heterocycles. The molecule has 2 heteroatoms. The summed E-state index contributed by atoms with van der Waals surface area (Å²) in [5.74, 6) is 0. The van der Waals surface area contributed by atoms with Gasteiger partial charge in [0.1, 0.15) is 0 Å². The molecular weight excluding hydrogens is 605 g/mol. The Hall–Kier alpha value is -6.64. The van der Waals surface area contributed by atoms with Crippen molar-refractivity contribution in [1.82, 2.24) is 4.57 Å². The maximum Gasteiger partial charge on any atom is 0.0541 e. The van der Waals surface area contributed by atoms with Crippen LogP contribution in [0, 0.1) is 0 Å². The highest BCUT2D eigenvalue weighted by Crippen LogP contribution is 2.40. The largest absolute Gasteiger partial charge is 0.311 e. The van der Waals surface area contributed by atoms with Crippen LogP contribution >= 0.6 is 0 Å². The van der Waals surface area contributed by atoms with E-state index in [1.807, 2.05) is 0 Å². The van der Waals surface area contributed by atoms with Gasteiger partial charge in [0.05, 0.1) is 11.0 Å². The lowest BCUT2D eigenvalue weighted by atomic mass is 9.94. The van der Waals surface area contributed by atoms with Gasteiger partial charge in [0.15, 0.2) is 0 Å². The highest BCUT2D eigenvalue weighted by Gasteiger charge is 2.16. The van der Waals surface area contributed by atoms with Crippen LogP contribution in [0.4, 0.5) is 17.1 Å². The topological polar surface area (TPSA) is 8.17 Å². The lowest BCUT2D eigenvalue weighted by molar-refractivity contribution is 1.19. The van der Waals surface area contributed by atoms with Crippen molar-refractivity contribution in [3.8, 4) is 16.8 Å². The Morgan fingerprint density at radius 3 is 1.36 bits per heavy atom. The molecule has 0 saturated carbocycles. The van der Waals surface area contributed by atoms with Crippen LogP contribution in [0.3, 0.4) is 0 Å². The molecule has 50 heavy (non-hydrogen) atoms. The number of nitrogens with zero attached hydrogens (tertiary/aromatic N) is 2. The van der Waals surface area contributed by atoms with E-state index in [-0.39, 0.29) is 0 Å². The molecule has 0 unspecified atom stereocenters. The van der Waals surface area contributed by atoms with E-state index in [1.165, 1.54) is 70.9 Å². The molecule has 0 fully saturated rings. The van der Waals surface area contributed by atoms with Gasteiger partial charge in [-0.15, -0.1) is 0 Å². The van der Waals surface area contributed by atoms with Crippen molar-refractivity contribution in [2.45, 2.75) is 0 Å². The quantitative estimate of drug-likeness (QED) is 0.171. The summed E-state index contributed by atoms with van der Waals surface area (Å²) in [4.78, 5) is 2.30. The summed E-state index contributed by atoms with van der Waals surface area (Å²) in [6.07, 6.45) is 0. The van der Waals surface area contributed by atoms with Gasteiger partial charge in [0.2, 0.25) is 0 Å². The van der Waals surface area contributed by atoms with Crippen LogP contribution < -0.4 is 4.90 Å². The second-order valence-corrected chi connectivity index (χ2v) is 13.0. The van der Waals surface area contributed by atoms with Gasteiger partial charge in [-0.3, -0.25) is 0 Å². The molecule has 0 radical (unpaired) electrons. The summed E-state index contributed by atoms with van der Waals surface area (Å²) in [6.45, 7) is 0. The SMILES string of the molecule is c1ccc(N(c2ccccc2)c2ccc(-c3ccc4c(c3)c3ccccc3n4-c3ccc4c5ccccc5c5ccccc5c4c3)cc2)cc1. The minimum atomic E-state index is 1.13. The number of fused-ring (bicyclic) bond motifs is 9. The molecule has 0 N–H and O–H groups in total. The van der Waals surface area contributed by atoms with E-state index in [9.17, 15) is 0 Å². The summed E-state index contributed by atoms with van der Waals surface area (Å²) < 4.78 is 2.43. The molecule has 1 heterocycles. The first-order valence-electron chi connectivity index (χ1n) is 17.2. The number of benzene rings is 9. The summed E-state index contributed by atoms with van der Waals surface area (Å²) in [5.41, 5.74) is 9.37. The fraction of sp³-hybridized carbons (Fsp3) is 0. The van der Waals surface area contributed by atoms with Gasteiger partial charge in [-0.05, 0) is 110 Å². The van der Waals surface area contributed by atoms with Gasteiger partial charge in [-0.1, -0.05) is 127 Å². The Bertz CT molecular complexity index is 2770. The molecule has 0 aliphatic rings. The molecule has 2 nitrogen and oxygen atoms in total. The lowest BCUT2D eigenvalue weighted by Crippen LogP contribution is -2.09. The van der Waals surface area contributed by atoms with Gasteiger partial charge in [0, 0.05) is 33.5 Å². The molecular formula is C48H32N2. The average Bonchev–Trinajstić information content (AvgIpc) is 3.53. The standard InChI is InChI=1S/C48H32N2/c1-3-13-35(14-4-1)49(36-15-5-2-6-16-36)37-26-23-33(24-27-37)34-25-30-48-46(31-34)44-21-11-12-22-47(44)50(48)38-28-29-43-41-19-8-7-17-39(41)40-18-9-10-20-42(40)45(43)32-38/h1-32H. The molecule has 10 aromatic rings. The molecule has 234 valence electrons. The molecule has 0 saturated heterocycles. The molecule has 0 amide bonds. The smallest absolute Gasteiger partial charge is 0.0541 e. The molecule has 10 rings (SSSR count). The van der Waals surface area contributed by atoms with E-state index >= 15 is 0 Å². The maximum atomic E-state index is 2.43. The fourth-order valence-electron chi connectivity index (χ4n) is 7.87. The highest BCUT2D eigenvalue weighted by atomic mass is 15.1. The van der Waals surface area contributed by atoms with Gasteiger partial charge in [0.25, 0.3) is 0 Å². The zero-order chi connectivity index (χ0) is 33.0. The van der Waals surface area contributed by atoms with E-state index in [4.69, 9.17) is 0 Å². The van der Waals surface area contributed by atoms with Crippen LogP contribution in [0.15, 0.2) is 194 Å². The van der Waals surface area contributed by atoms with Crippen LogP contribution in [-0.4, -0.2) is 4.57 Å².